The zero-order valence-corrected chi connectivity index (χ0v) is 16.7. The molecule has 1 aliphatic rings. The van der Waals surface area contributed by atoms with Crippen LogP contribution in [0.5, 0.6) is 5.75 Å². The molecule has 0 radical (unpaired) electrons. The number of amides is 1. The minimum Gasteiger partial charge on any atom is -0.495 e. The summed E-state index contributed by atoms with van der Waals surface area (Å²) in [5, 5.41) is 2.81. The molecule has 0 aliphatic carbocycles. The molecule has 3 rings (SSSR count). The van der Waals surface area contributed by atoms with E-state index in [0.717, 1.165) is 12.8 Å². The van der Waals surface area contributed by atoms with Crippen LogP contribution in [-0.4, -0.2) is 40.7 Å². The molecule has 0 spiro atoms. The fraction of sp³-hybridized carbons (Fsp3) is 0.350. The highest BCUT2D eigenvalue weighted by molar-refractivity contribution is 7.92. The number of carbonyl (C=O) groups excluding carboxylic acids is 1. The van der Waals surface area contributed by atoms with Crippen molar-refractivity contribution in [2.45, 2.75) is 30.8 Å². The molecule has 1 heterocycles. The number of methoxy groups -OCH3 is 1. The number of anilines is 1. The lowest BCUT2D eigenvalue weighted by Gasteiger charge is -2.15. The van der Waals surface area contributed by atoms with Crippen molar-refractivity contribution >= 4 is 21.6 Å². The van der Waals surface area contributed by atoms with Crippen LogP contribution < -0.4 is 14.8 Å². The van der Waals surface area contributed by atoms with Gasteiger partial charge < -0.3 is 14.8 Å². The minimum absolute atomic E-state index is 0.0183. The maximum absolute atomic E-state index is 12.9. The van der Waals surface area contributed by atoms with E-state index in [-0.39, 0.29) is 22.5 Å². The second-order valence-corrected chi connectivity index (χ2v) is 8.28. The molecule has 2 aromatic carbocycles. The molecular weight excluding hydrogens is 380 g/mol. The van der Waals surface area contributed by atoms with Crippen LogP contribution >= 0.6 is 0 Å². The van der Waals surface area contributed by atoms with Crippen LogP contribution in [-0.2, 0) is 14.8 Å². The van der Waals surface area contributed by atoms with E-state index in [0.29, 0.717) is 30.2 Å². The largest absolute Gasteiger partial charge is 0.495 e. The van der Waals surface area contributed by atoms with Gasteiger partial charge in [-0.15, -0.1) is 0 Å². The van der Waals surface area contributed by atoms with Crippen LogP contribution in [0.25, 0.3) is 0 Å². The van der Waals surface area contributed by atoms with Gasteiger partial charge in [-0.25, -0.2) is 8.42 Å². The van der Waals surface area contributed by atoms with Crippen molar-refractivity contribution in [3.8, 4) is 5.75 Å². The van der Waals surface area contributed by atoms with Crippen LogP contribution in [0.4, 0.5) is 5.69 Å². The molecule has 1 atom stereocenters. The average molecular weight is 404 g/mol. The second kappa shape index (κ2) is 8.62. The lowest BCUT2D eigenvalue weighted by atomic mass is 10.1. The predicted molar refractivity (Wildman–Crippen MR) is 106 cm³/mol. The minimum atomic E-state index is -3.90. The van der Waals surface area contributed by atoms with Crippen molar-refractivity contribution in [1.82, 2.24) is 5.32 Å². The van der Waals surface area contributed by atoms with Gasteiger partial charge in [0.15, 0.2) is 0 Å². The predicted octanol–water partition coefficient (Wildman–Crippen LogP) is 2.71. The zero-order valence-electron chi connectivity index (χ0n) is 15.9. The molecule has 8 heteroatoms. The molecule has 1 fully saturated rings. The van der Waals surface area contributed by atoms with Crippen molar-refractivity contribution in [3.63, 3.8) is 0 Å². The summed E-state index contributed by atoms with van der Waals surface area (Å²) in [6.07, 6.45) is 1.92. The number of sulfonamides is 1. The Balaban J connectivity index is 1.80. The molecule has 1 amide bonds. The molecule has 0 saturated carbocycles. The number of aryl methyl sites for hydroxylation is 1. The van der Waals surface area contributed by atoms with Gasteiger partial charge in [0.05, 0.1) is 23.8 Å². The Morgan fingerprint density at radius 2 is 2.04 bits per heavy atom. The Labute approximate surface area is 165 Å². The zero-order chi connectivity index (χ0) is 20.1. The normalized spacial score (nSPS) is 16.6. The molecule has 0 unspecified atom stereocenters. The van der Waals surface area contributed by atoms with Gasteiger partial charge in [0.25, 0.3) is 15.9 Å². The van der Waals surface area contributed by atoms with Gasteiger partial charge in [-0.1, -0.05) is 18.2 Å². The van der Waals surface area contributed by atoms with Crippen molar-refractivity contribution in [1.29, 1.82) is 0 Å². The summed E-state index contributed by atoms with van der Waals surface area (Å²) in [6.45, 7) is 2.81. The standard InChI is InChI=1S/C20H24N2O5S/c1-14-9-10-15(20(23)21-13-16-6-5-11-27-16)12-19(14)28(24,25)22-17-7-3-4-8-18(17)26-2/h3-4,7-10,12,16,22H,5-6,11,13H2,1-2H3,(H,21,23)/t16-/m0/s1. The van der Waals surface area contributed by atoms with Crippen LogP contribution in [0.1, 0.15) is 28.8 Å². The molecule has 7 nitrogen and oxygen atoms in total. The summed E-state index contributed by atoms with van der Waals surface area (Å²) < 4.78 is 39.1. The lowest BCUT2D eigenvalue weighted by molar-refractivity contribution is 0.0857. The fourth-order valence-corrected chi connectivity index (χ4v) is 4.42. The van der Waals surface area contributed by atoms with E-state index in [1.54, 1.807) is 43.3 Å². The fourth-order valence-electron chi connectivity index (χ4n) is 3.07. The first-order chi connectivity index (χ1) is 13.4. The van der Waals surface area contributed by atoms with Crippen LogP contribution in [0.15, 0.2) is 47.4 Å². The van der Waals surface area contributed by atoms with Crippen molar-refractivity contribution in [2.24, 2.45) is 0 Å². The van der Waals surface area contributed by atoms with Gasteiger partial charge in [-0.3, -0.25) is 9.52 Å². The van der Waals surface area contributed by atoms with Crippen molar-refractivity contribution in [2.75, 3.05) is 25.0 Å². The summed E-state index contributed by atoms with van der Waals surface area (Å²) in [5.74, 6) is 0.0819. The first kappa shape index (κ1) is 20.2. The molecular formula is C20H24N2O5S. The third-order valence-corrected chi connectivity index (χ3v) is 6.11. The van der Waals surface area contributed by atoms with E-state index in [1.165, 1.54) is 13.2 Å². The molecule has 1 saturated heterocycles. The number of carbonyl (C=O) groups is 1. The SMILES string of the molecule is COc1ccccc1NS(=O)(=O)c1cc(C(=O)NC[C@@H]2CCCO2)ccc1C. The molecule has 2 aromatic rings. The van der Waals surface area contributed by atoms with Crippen molar-refractivity contribution in [3.05, 3.63) is 53.6 Å². The highest BCUT2D eigenvalue weighted by Gasteiger charge is 2.22. The first-order valence-corrected chi connectivity index (χ1v) is 10.6. The van der Waals surface area contributed by atoms with Gasteiger partial charge in [-0.2, -0.15) is 0 Å². The van der Waals surface area contributed by atoms with Crippen molar-refractivity contribution < 1.29 is 22.7 Å². The van der Waals surface area contributed by atoms with Gasteiger partial charge in [-0.05, 0) is 49.6 Å². The molecule has 1 aliphatic heterocycles. The Bertz CT molecular complexity index is 953. The van der Waals surface area contributed by atoms with E-state index < -0.39 is 10.0 Å². The van der Waals surface area contributed by atoms with Crippen LogP contribution in [0.2, 0.25) is 0 Å². The van der Waals surface area contributed by atoms with Gasteiger partial charge in [0, 0.05) is 18.7 Å². The van der Waals surface area contributed by atoms with Gasteiger partial charge in [0.1, 0.15) is 5.75 Å². The Morgan fingerprint density at radius 1 is 1.25 bits per heavy atom. The second-order valence-electron chi connectivity index (χ2n) is 6.63. The molecule has 0 bridgehead atoms. The van der Waals surface area contributed by atoms with Crippen LogP contribution in [0.3, 0.4) is 0 Å². The number of ether oxygens (including phenoxy) is 2. The number of nitrogens with one attached hydrogen (secondary N) is 2. The molecule has 2 N–H and O–H groups in total. The van der Waals surface area contributed by atoms with E-state index >= 15 is 0 Å². The number of para-hydroxylation sites is 2. The highest BCUT2D eigenvalue weighted by atomic mass is 32.2. The third kappa shape index (κ3) is 4.63. The number of hydrogen-bond donors (Lipinski definition) is 2. The maximum Gasteiger partial charge on any atom is 0.262 e. The summed E-state index contributed by atoms with van der Waals surface area (Å²) in [4.78, 5) is 12.5. The molecule has 28 heavy (non-hydrogen) atoms. The Morgan fingerprint density at radius 3 is 2.75 bits per heavy atom. The van der Waals surface area contributed by atoms with Gasteiger partial charge >= 0.3 is 0 Å². The third-order valence-electron chi connectivity index (χ3n) is 4.61. The summed E-state index contributed by atoms with van der Waals surface area (Å²) in [6, 6.07) is 11.4. The van der Waals surface area contributed by atoms with E-state index in [4.69, 9.17) is 9.47 Å². The topological polar surface area (TPSA) is 93.7 Å². The highest BCUT2D eigenvalue weighted by Crippen LogP contribution is 2.27. The van der Waals surface area contributed by atoms with Gasteiger partial charge in [0.2, 0.25) is 0 Å². The number of rotatable bonds is 7. The molecule has 150 valence electrons. The smallest absolute Gasteiger partial charge is 0.262 e. The summed E-state index contributed by atoms with van der Waals surface area (Å²) in [5.41, 5.74) is 1.15. The first-order valence-electron chi connectivity index (χ1n) is 9.07. The summed E-state index contributed by atoms with van der Waals surface area (Å²) >= 11 is 0. The molecule has 0 aromatic heterocycles. The Hall–Kier alpha value is -2.58. The Kier molecular flexibility index (Phi) is 6.21. The quantitative estimate of drug-likeness (QED) is 0.740. The van der Waals surface area contributed by atoms with E-state index in [2.05, 4.69) is 10.0 Å². The number of benzene rings is 2. The summed E-state index contributed by atoms with van der Waals surface area (Å²) in [7, 11) is -2.43. The van der Waals surface area contributed by atoms with Crippen LogP contribution in [0, 0.1) is 6.92 Å². The number of hydrogen-bond acceptors (Lipinski definition) is 5. The maximum atomic E-state index is 12.9. The van der Waals surface area contributed by atoms with E-state index in [1.807, 2.05) is 0 Å². The van der Waals surface area contributed by atoms with E-state index in [9.17, 15) is 13.2 Å². The average Bonchev–Trinajstić information content (AvgIpc) is 3.20. The lowest BCUT2D eigenvalue weighted by Crippen LogP contribution is -2.32. The monoisotopic (exact) mass is 404 g/mol.